The van der Waals surface area contributed by atoms with E-state index in [1.54, 1.807) is 18.3 Å². The van der Waals surface area contributed by atoms with Crippen LogP contribution in [0.4, 0.5) is 5.69 Å². The highest BCUT2D eigenvalue weighted by Gasteiger charge is 2.06. The molecule has 5 N–H and O–H groups in total. The first-order valence-corrected chi connectivity index (χ1v) is 7.01. The molecule has 0 spiro atoms. The first-order chi connectivity index (χ1) is 7.90. The summed E-state index contributed by atoms with van der Waals surface area (Å²) in [6.45, 7) is 0.456. The molecule has 94 valence electrons. The highest BCUT2D eigenvalue weighted by Crippen LogP contribution is 2.11. The third-order valence-corrected chi connectivity index (χ3v) is 3.01. The van der Waals surface area contributed by atoms with Gasteiger partial charge in [-0.15, -0.1) is 0 Å². The summed E-state index contributed by atoms with van der Waals surface area (Å²) in [5.74, 6) is -0.0668. The minimum absolute atomic E-state index is 0.0668. The van der Waals surface area contributed by atoms with E-state index < -0.39 is 10.0 Å². The summed E-state index contributed by atoms with van der Waals surface area (Å²) in [4.78, 5) is 4.23. The van der Waals surface area contributed by atoms with Crippen molar-refractivity contribution in [2.24, 2.45) is 10.9 Å². The van der Waals surface area contributed by atoms with Crippen LogP contribution in [0.15, 0.2) is 18.3 Å². The van der Waals surface area contributed by atoms with Crippen molar-refractivity contribution in [3.63, 3.8) is 0 Å². The summed E-state index contributed by atoms with van der Waals surface area (Å²) in [5.41, 5.74) is 6.69. The SMILES string of the molecule is NC(=S)c1ncccc1NCCCS(N)(=O)=O. The Kier molecular flexibility index (Phi) is 4.79. The molecule has 0 aliphatic rings. The van der Waals surface area contributed by atoms with Gasteiger partial charge in [0, 0.05) is 12.7 Å². The predicted octanol–water partition coefficient (Wildman–Crippen LogP) is -0.194. The van der Waals surface area contributed by atoms with Crippen LogP contribution in [0.1, 0.15) is 12.1 Å². The number of hydrogen-bond acceptors (Lipinski definition) is 5. The highest BCUT2D eigenvalue weighted by molar-refractivity contribution is 7.89. The van der Waals surface area contributed by atoms with Crippen LogP contribution in [0.3, 0.4) is 0 Å². The Hall–Kier alpha value is -1.25. The zero-order valence-electron chi connectivity index (χ0n) is 9.09. The van der Waals surface area contributed by atoms with E-state index in [9.17, 15) is 8.42 Å². The first kappa shape index (κ1) is 13.8. The molecule has 0 radical (unpaired) electrons. The number of anilines is 1. The predicted molar refractivity (Wildman–Crippen MR) is 71.2 cm³/mol. The van der Waals surface area contributed by atoms with Gasteiger partial charge in [0.15, 0.2) is 0 Å². The van der Waals surface area contributed by atoms with Gasteiger partial charge in [0.2, 0.25) is 10.0 Å². The number of hydrogen-bond donors (Lipinski definition) is 3. The molecule has 0 unspecified atom stereocenters. The van der Waals surface area contributed by atoms with Crippen LogP contribution in [-0.2, 0) is 10.0 Å². The topological polar surface area (TPSA) is 111 Å². The molecule has 0 aromatic carbocycles. The molecular formula is C9H14N4O2S2. The fourth-order valence-corrected chi connectivity index (χ4v) is 1.95. The molecule has 1 aromatic heterocycles. The van der Waals surface area contributed by atoms with Crippen molar-refractivity contribution >= 4 is 32.9 Å². The Balaban J connectivity index is 2.55. The van der Waals surface area contributed by atoms with Gasteiger partial charge in [-0.2, -0.15) is 0 Å². The minimum atomic E-state index is -3.41. The molecule has 1 heterocycles. The second-order valence-electron chi connectivity index (χ2n) is 3.41. The van der Waals surface area contributed by atoms with Crippen LogP contribution in [0.25, 0.3) is 0 Å². The Bertz CT molecular complexity index is 501. The molecule has 0 saturated carbocycles. The number of pyridine rings is 1. The highest BCUT2D eigenvalue weighted by atomic mass is 32.2. The Morgan fingerprint density at radius 1 is 1.53 bits per heavy atom. The summed E-state index contributed by atoms with van der Waals surface area (Å²) < 4.78 is 21.4. The van der Waals surface area contributed by atoms with Gasteiger partial charge in [0.25, 0.3) is 0 Å². The van der Waals surface area contributed by atoms with Crippen molar-refractivity contribution < 1.29 is 8.42 Å². The molecule has 0 aliphatic heterocycles. The largest absolute Gasteiger partial charge is 0.388 e. The number of primary sulfonamides is 1. The van der Waals surface area contributed by atoms with Gasteiger partial charge >= 0.3 is 0 Å². The molecule has 6 nitrogen and oxygen atoms in total. The van der Waals surface area contributed by atoms with Crippen LogP contribution < -0.4 is 16.2 Å². The van der Waals surface area contributed by atoms with Crippen LogP contribution in [0, 0.1) is 0 Å². The molecule has 0 aliphatic carbocycles. The van der Waals surface area contributed by atoms with Gasteiger partial charge in [-0.3, -0.25) is 4.98 Å². The maximum absolute atomic E-state index is 10.7. The number of rotatable bonds is 6. The standard InChI is InChI=1S/C9H14N4O2S2/c10-9(16)8-7(3-1-4-13-8)12-5-2-6-17(11,14)15/h1,3-4,12H,2,5-6H2,(H2,10,16)(H2,11,14,15). The smallest absolute Gasteiger partial charge is 0.209 e. The summed E-state index contributed by atoms with van der Waals surface area (Å²) in [5, 5.41) is 7.90. The monoisotopic (exact) mass is 274 g/mol. The second-order valence-corrected chi connectivity index (χ2v) is 5.58. The number of aromatic nitrogens is 1. The fourth-order valence-electron chi connectivity index (χ4n) is 1.24. The Morgan fingerprint density at radius 3 is 2.82 bits per heavy atom. The molecule has 0 fully saturated rings. The molecule has 0 bridgehead atoms. The van der Waals surface area contributed by atoms with Crippen LogP contribution in [-0.4, -0.2) is 30.7 Å². The van der Waals surface area contributed by atoms with E-state index in [2.05, 4.69) is 10.3 Å². The van der Waals surface area contributed by atoms with Gasteiger partial charge in [0.05, 0.1) is 11.4 Å². The zero-order valence-corrected chi connectivity index (χ0v) is 10.7. The van der Waals surface area contributed by atoms with Gasteiger partial charge in [-0.1, -0.05) is 12.2 Å². The second kappa shape index (κ2) is 5.89. The van der Waals surface area contributed by atoms with Gasteiger partial charge in [-0.05, 0) is 18.6 Å². The Morgan fingerprint density at radius 2 is 2.24 bits per heavy atom. The van der Waals surface area contributed by atoms with Crippen LogP contribution >= 0.6 is 12.2 Å². The van der Waals surface area contributed by atoms with Crippen LogP contribution in [0.5, 0.6) is 0 Å². The third kappa shape index (κ3) is 5.07. The van der Waals surface area contributed by atoms with Crippen molar-refractivity contribution in [2.75, 3.05) is 17.6 Å². The maximum atomic E-state index is 10.7. The maximum Gasteiger partial charge on any atom is 0.209 e. The molecular weight excluding hydrogens is 260 g/mol. The van der Waals surface area contributed by atoms with E-state index in [4.69, 9.17) is 23.1 Å². The summed E-state index contributed by atoms with van der Waals surface area (Å²) >= 11 is 4.85. The lowest BCUT2D eigenvalue weighted by molar-refractivity contribution is 0.596. The number of nitrogens with two attached hydrogens (primary N) is 2. The third-order valence-electron chi connectivity index (χ3n) is 1.96. The van der Waals surface area contributed by atoms with Crippen LogP contribution in [0.2, 0.25) is 0 Å². The lowest BCUT2D eigenvalue weighted by atomic mass is 10.3. The average molecular weight is 274 g/mol. The van der Waals surface area contributed by atoms with E-state index in [1.165, 1.54) is 0 Å². The summed E-state index contributed by atoms with van der Waals surface area (Å²) in [6, 6.07) is 3.52. The number of nitrogens with one attached hydrogen (secondary N) is 1. The number of nitrogens with zero attached hydrogens (tertiary/aromatic N) is 1. The van der Waals surface area contributed by atoms with E-state index in [-0.39, 0.29) is 10.7 Å². The minimum Gasteiger partial charge on any atom is -0.388 e. The van der Waals surface area contributed by atoms with E-state index in [1.807, 2.05) is 0 Å². The van der Waals surface area contributed by atoms with Crippen molar-refractivity contribution in [2.45, 2.75) is 6.42 Å². The molecule has 8 heteroatoms. The first-order valence-electron chi connectivity index (χ1n) is 4.89. The average Bonchev–Trinajstić information content (AvgIpc) is 2.23. The molecule has 0 atom stereocenters. The molecule has 0 saturated heterocycles. The van der Waals surface area contributed by atoms with Crippen molar-refractivity contribution in [1.29, 1.82) is 0 Å². The van der Waals surface area contributed by atoms with Gasteiger partial charge < -0.3 is 11.1 Å². The van der Waals surface area contributed by atoms with E-state index in [0.717, 1.165) is 0 Å². The van der Waals surface area contributed by atoms with E-state index >= 15 is 0 Å². The Labute approximate surface area is 105 Å². The number of thiocarbonyl (C=S) groups is 1. The molecule has 1 aromatic rings. The summed E-state index contributed by atoms with van der Waals surface area (Å²) in [7, 11) is -3.41. The lowest BCUT2D eigenvalue weighted by Gasteiger charge is -2.09. The molecule has 0 amide bonds. The summed E-state index contributed by atoms with van der Waals surface area (Å²) in [6.07, 6.45) is 1.99. The van der Waals surface area contributed by atoms with Crippen molar-refractivity contribution in [1.82, 2.24) is 4.98 Å². The quantitative estimate of drug-likeness (QED) is 0.489. The normalized spacial score (nSPS) is 11.1. The van der Waals surface area contributed by atoms with Crippen molar-refractivity contribution in [3.8, 4) is 0 Å². The van der Waals surface area contributed by atoms with Gasteiger partial charge in [-0.25, -0.2) is 13.6 Å². The molecule has 17 heavy (non-hydrogen) atoms. The van der Waals surface area contributed by atoms with Crippen molar-refractivity contribution in [3.05, 3.63) is 24.0 Å². The number of sulfonamides is 1. The van der Waals surface area contributed by atoms with E-state index in [0.29, 0.717) is 24.3 Å². The zero-order chi connectivity index (χ0) is 12.9. The molecule has 1 rings (SSSR count). The lowest BCUT2D eigenvalue weighted by Crippen LogP contribution is -2.20. The fraction of sp³-hybridized carbons (Fsp3) is 0.333. The van der Waals surface area contributed by atoms with Gasteiger partial charge in [0.1, 0.15) is 10.7 Å².